The third-order valence-corrected chi connectivity index (χ3v) is 2.39. The van der Waals surface area contributed by atoms with Crippen molar-refractivity contribution in [3.63, 3.8) is 0 Å². The van der Waals surface area contributed by atoms with Crippen LogP contribution >= 0.6 is 11.6 Å². The smallest absolute Gasteiger partial charge is 0.330 e. The van der Waals surface area contributed by atoms with Gasteiger partial charge in [0.1, 0.15) is 0 Å². The van der Waals surface area contributed by atoms with Crippen molar-refractivity contribution in [1.82, 2.24) is 0 Å². The van der Waals surface area contributed by atoms with E-state index in [2.05, 4.69) is 0 Å². The topological polar surface area (TPSA) is 26.3 Å². The zero-order valence-corrected chi connectivity index (χ0v) is 10.0. The molecule has 0 atom stereocenters. The van der Waals surface area contributed by atoms with E-state index in [1.165, 1.54) is 6.08 Å². The van der Waals surface area contributed by atoms with E-state index in [9.17, 15) is 4.79 Å². The summed E-state index contributed by atoms with van der Waals surface area (Å²) in [5.41, 5.74) is 0.816. The van der Waals surface area contributed by atoms with Gasteiger partial charge < -0.3 is 4.74 Å². The SMILES string of the molecule is CCCCOC(=O)/C=C/c1ccccc1Cl. The minimum absolute atomic E-state index is 0.326. The van der Waals surface area contributed by atoms with Crippen LogP contribution in [0.15, 0.2) is 30.3 Å². The molecule has 0 aliphatic rings. The van der Waals surface area contributed by atoms with E-state index in [1.807, 2.05) is 25.1 Å². The van der Waals surface area contributed by atoms with Crippen LogP contribution in [0.2, 0.25) is 5.02 Å². The highest BCUT2D eigenvalue weighted by Crippen LogP contribution is 2.16. The minimum Gasteiger partial charge on any atom is -0.463 e. The molecule has 0 saturated carbocycles. The number of esters is 1. The van der Waals surface area contributed by atoms with Crippen molar-refractivity contribution in [2.24, 2.45) is 0 Å². The molecule has 0 aliphatic heterocycles. The van der Waals surface area contributed by atoms with Gasteiger partial charge >= 0.3 is 5.97 Å². The normalized spacial score (nSPS) is 10.6. The fraction of sp³-hybridized carbons (Fsp3) is 0.308. The van der Waals surface area contributed by atoms with Crippen molar-refractivity contribution in [1.29, 1.82) is 0 Å². The van der Waals surface area contributed by atoms with Gasteiger partial charge in [-0.2, -0.15) is 0 Å². The molecule has 0 spiro atoms. The van der Waals surface area contributed by atoms with E-state index >= 15 is 0 Å². The first kappa shape index (κ1) is 12.8. The summed E-state index contributed by atoms with van der Waals surface area (Å²) in [6.07, 6.45) is 4.97. The molecule has 0 fully saturated rings. The Morgan fingerprint density at radius 2 is 2.19 bits per heavy atom. The van der Waals surface area contributed by atoms with Crippen molar-refractivity contribution in [2.75, 3.05) is 6.61 Å². The van der Waals surface area contributed by atoms with E-state index < -0.39 is 0 Å². The Hall–Kier alpha value is -1.28. The molecule has 2 nitrogen and oxygen atoms in total. The molecular formula is C13H15ClO2. The van der Waals surface area contributed by atoms with E-state index in [0.717, 1.165) is 18.4 Å². The Morgan fingerprint density at radius 1 is 1.44 bits per heavy atom. The van der Waals surface area contributed by atoms with E-state index in [4.69, 9.17) is 16.3 Å². The zero-order valence-electron chi connectivity index (χ0n) is 9.28. The fourth-order valence-corrected chi connectivity index (χ4v) is 1.33. The van der Waals surface area contributed by atoms with Gasteiger partial charge in [0.05, 0.1) is 6.61 Å². The summed E-state index contributed by atoms with van der Waals surface area (Å²) in [6.45, 7) is 2.52. The van der Waals surface area contributed by atoms with Crippen LogP contribution in [0.3, 0.4) is 0 Å². The van der Waals surface area contributed by atoms with Crippen LogP contribution in [0, 0.1) is 0 Å². The Morgan fingerprint density at radius 3 is 2.88 bits per heavy atom. The molecule has 16 heavy (non-hydrogen) atoms. The summed E-state index contributed by atoms with van der Waals surface area (Å²) in [6, 6.07) is 7.34. The van der Waals surface area contributed by atoms with Crippen LogP contribution in [0.1, 0.15) is 25.3 Å². The quantitative estimate of drug-likeness (QED) is 0.444. The van der Waals surface area contributed by atoms with Crippen LogP contribution in [0.5, 0.6) is 0 Å². The summed E-state index contributed by atoms with van der Waals surface area (Å²) in [7, 11) is 0. The maximum atomic E-state index is 11.3. The van der Waals surface area contributed by atoms with Gasteiger partial charge in [-0.1, -0.05) is 43.1 Å². The molecule has 0 N–H and O–H groups in total. The highest BCUT2D eigenvalue weighted by atomic mass is 35.5. The average Bonchev–Trinajstić information content (AvgIpc) is 2.28. The van der Waals surface area contributed by atoms with E-state index in [1.54, 1.807) is 12.1 Å². The number of unbranched alkanes of at least 4 members (excludes halogenated alkanes) is 1. The first-order valence-corrected chi connectivity index (χ1v) is 5.71. The molecule has 0 saturated heterocycles. The predicted molar refractivity (Wildman–Crippen MR) is 66.4 cm³/mol. The lowest BCUT2D eigenvalue weighted by Gasteiger charge is -1.99. The molecule has 0 radical (unpaired) electrons. The molecule has 0 heterocycles. The van der Waals surface area contributed by atoms with E-state index in [-0.39, 0.29) is 5.97 Å². The number of rotatable bonds is 5. The van der Waals surface area contributed by atoms with Crippen molar-refractivity contribution in [2.45, 2.75) is 19.8 Å². The number of carbonyl (C=O) groups excluding carboxylic acids is 1. The fourth-order valence-electron chi connectivity index (χ4n) is 1.13. The number of hydrogen-bond donors (Lipinski definition) is 0. The van der Waals surface area contributed by atoms with Gasteiger partial charge in [-0.15, -0.1) is 0 Å². The average molecular weight is 239 g/mol. The molecular weight excluding hydrogens is 224 g/mol. The van der Waals surface area contributed by atoms with Crippen LogP contribution < -0.4 is 0 Å². The molecule has 1 aromatic rings. The Bertz CT molecular complexity index is 372. The molecule has 0 aromatic heterocycles. The van der Waals surface area contributed by atoms with Gasteiger partial charge in [0.2, 0.25) is 0 Å². The third-order valence-electron chi connectivity index (χ3n) is 2.05. The highest BCUT2D eigenvalue weighted by Gasteiger charge is 1.97. The Kier molecular flexibility index (Phi) is 5.65. The summed E-state index contributed by atoms with van der Waals surface area (Å²) in [4.78, 5) is 11.3. The van der Waals surface area contributed by atoms with Gasteiger partial charge in [-0.25, -0.2) is 4.79 Å². The lowest BCUT2D eigenvalue weighted by Crippen LogP contribution is -2.01. The lowest BCUT2D eigenvalue weighted by molar-refractivity contribution is -0.137. The molecule has 1 aromatic carbocycles. The van der Waals surface area contributed by atoms with Crippen molar-refractivity contribution >= 4 is 23.6 Å². The summed E-state index contributed by atoms with van der Waals surface area (Å²) in [5.74, 6) is -0.326. The molecule has 0 unspecified atom stereocenters. The molecule has 3 heteroatoms. The molecule has 0 bridgehead atoms. The van der Waals surface area contributed by atoms with Gasteiger partial charge in [0, 0.05) is 11.1 Å². The number of halogens is 1. The first-order chi connectivity index (χ1) is 7.74. The molecule has 1 rings (SSSR count). The second-order valence-electron chi connectivity index (χ2n) is 3.38. The van der Waals surface area contributed by atoms with Gasteiger partial charge in [0.25, 0.3) is 0 Å². The Labute approximate surface area is 101 Å². The maximum Gasteiger partial charge on any atom is 0.330 e. The predicted octanol–water partition coefficient (Wildman–Crippen LogP) is 3.70. The minimum atomic E-state index is -0.326. The molecule has 0 aliphatic carbocycles. The number of ether oxygens (including phenoxy) is 1. The zero-order chi connectivity index (χ0) is 11.8. The number of benzene rings is 1. The largest absolute Gasteiger partial charge is 0.463 e. The second kappa shape index (κ2) is 7.07. The summed E-state index contributed by atoms with van der Waals surface area (Å²) < 4.78 is 4.98. The third kappa shape index (κ3) is 4.49. The van der Waals surface area contributed by atoms with Gasteiger partial charge in [0.15, 0.2) is 0 Å². The van der Waals surface area contributed by atoms with Crippen molar-refractivity contribution < 1.29 is 9.53 Å². The summed E-state index contributed by atoms with van der Waals surface area (Å²) >= 11 is 5.93. The number of carbonyl (C=O) groups is 1. The lowest BCUT2D eigenvalue weighted by atomic mass is 10.2. The Balaban J connectivity index is 2.47. The van der Waals surface area contributed by atoms with Crippen molar-refractivity contribution in [3.8, 4) is 0 Å². The maximum absolute atomic E-state index is 11.3. The first-order valence-electron chi connectivity index (χ1n) is 5.33. The van der Waals surface area contributed by atoms with Gasteiger partial charge in [-0.3, -0.25) is 0 Å². The van der Waals surface area contributed by atoms with Crippen molar-refractivity contribution in [3.05, 3.63) is 40.9 Å². The highest BCUT2D eigenvalue weighted by molar-refractivity contribution is 6.32. The van der Waals surface area contributed by atoms with Crippen LogP contribution in [0.25, 0.3) is 6.08 Å². The second-order valence-corrected chi connectivity index (χ2v) is 3.78. The number of hydrogen-bond acceptors (Lipinski definition) is 2. The monoisotopic (exact) mass is 238 g/mol. The van der Waals surface area contributed by atoms with Crippen LogP contribution in [0.4, 0.5) is 0 Å². The van der Waals surface area contributed by atoms with Gasteiger partial charge in [-0.05, 0) is 24.1 Å². The van der Waals surface area contributed by atoms with E-state index in [0.29, 0.717) is 11.6 Å². The molecule has 86 valence electrons. The van der Waals surface area contributed by atoms with Crippen LogP contribution in [-0.4, -0.2) is 12.6 Å². The standard InChI is InChI=1S/C13H15ClO2/c1-2-3-10-16-13(15)9-8-11-6-4-5-7-12(11)14/h4-9H,2-3,10H2,1H3/b9-8+. The molecule has 0 amide bonds. The van der Waals surface area contributed by atoms with Crippen LogP contribution in [-0.2, 0) is 9.53 Å². The summed E-state index contributed by atoms with van der Waals surface area (Å²) in [5, 5.41) is 0.625.